The Kier molecular flexibility index (Phi) is 5.17. The van der Waals surface area contributed by atoms with Crippen molar-refractivity contribution in [3.63, 3.8) is 0 Å². The summed E-state index contributed by atoms with van der Waals surface area (Å²) in [5, 5.41) is 5.95. The van der Waals surface area contributed by atoms with Gasteiger partial charge in [0.05, 0.1) is 11.8 Å². The summed E-state index contributed by atoms with van der Waals surface area (Å²) in [4.78, 5) is 24.9. The Labute approximate surface area is 148 Å². The molecule has 0 spiro atoms. The first-order valence-corrected chi connectivity index (χ1v) is 8.91. The van der Waals surface area contributed by atoms with Crippen molar-refractivity contribution in [3.8, 4) is 0 Å². The fraction of sp³-hybridized carbons (Fsp3) is 0.333. The van der Waals surface area contributed by atoms with Crippen LogP contribution < -0.4 is 10.6 Å². The molecule has 0 bridgehead atoms. The number of hydrogen-bond acceptors (Lipinski definition) is 2. The monoisotopic (exact) mass is 336 g/mol. The standard InChI is InChI=1S/C21H24N2O2/c1-3-14-9-5-7-11-18(14)22-20(24)16-13-17(16)21(25)23-19-12-8-6-10-15(19)4-2/h5-12,16-17H,3-4,13H2,1-2H3,(H,22,24)(H,23,25). The Morgan fingerprint density at radius 1 is 0.800 bits per heavy atom. The van der Waals surface area contributed by atoms with Gasteiger partial charge in [-0.2, -0.15) is 0 Å². The van der Waals surface area contributed by atoms with Gasteiger partial charge in [-0.3, -0.25) is 9.59 Å². The zero-order chi connectivity index (χ0) is 17.8. The van der Waals surface area contributed by atoms with Crippen LogP contribution in [-0.4, -0.2) is 11.8 Å². The molecule has 0 heterocycles. The molecule has 3 rings (SSSR count). The highest BCUT2D eigenvalue weighted by Crippen LogP contribution is 2.40. The van der Waals surface area contributed by atoms with Crippen molar-refractivity contribution in [2.75, 3.05) is 10.6 Å². The summed E-state index contributed by atoms with van der Waals surface area (Å²) in [6, 6.07) is 15.6. The minimum Gasteiger partial charge on any atom is -0.326 e. The molecule has 1 saturated carbocycles. The predicted octanol–water partition coefficient (Wildman–Crippen LogP) is 4.02. The maximum absolute atomic E-state index is 12.4. The molecule has 2 amide bonds. The molecule has 25 heavy (non-hydrogen) atoms. The zero-order valence-corrected chi connectivity index (χ0v) is 14.7. The van der Waals surface area contributed by atoms with Gasteiger partial charge in [-0.1, -0.05) is 50.2 Å². The summed E-state index contributed by atoms with van der Waals surface area (Å²) >= 11 is 0. The highest BCUT2D eigenvalue weighted by atomic mass is 16.2. The van der Waals surface area contributed by atoms with Gasteiger partial charge in [-0.25, -0.2) is 0 Å². The highest BCUT2D eigenvalue weighted by molar-refractivity contribution is 6.03. The average Bonchev–Trinajstić information content (AvgIpc) is 3.43. The first-order chi connectivity index (χ1) is 12.1. The van der Waals surface area contributed by atoms with Crippen LogP contribution in [0.2, 0.25) is 0 Å². The number of carbonyl (C=O) groups is 2. The van der Waals surface area contributed by atoms with Crippen LogP contribution in [0.1, 0.15) is 31.4 Å². The van der Waals surface area contributed by atoms with E-state index in [0.29, 0.717) is 6.42 Å². The fourth-order valence-electron chi connectivity index (χ4n) is 3.13. The minimum atomic E-state index is -0.237. The number of aryl methyl sites for hydroxylation is 2. The van der Waals surface area contributed by atoms with E-state index in [1.54, 1.807) is 0 Å². The van der Waals surface area contributed by atoms with Crippen molar-refractivity contribution in [3.05, 3.63) is 59.7 Å². The van der Waals surface area contributed by atoms with E-state index in [0.717, 1.165) is 35.3 Å². The Hall–Kier alpha value is -2.62. The topological polar surface area (TPSA) is 58.2 Å². The van der Waals surface area contributed by atoms with Crippen LogP contribution in [-0.2, 0) is 22.4 Å². The molecular formula is C21H24N2O2. The van der Waals surface area contributed by atoms with E-state index in [1.807, 2.05) is 48.5 Å². The van der Waals surface area contributed by atoms with Gasteiger partial charge >= 0.3 is 0 Å². The summed E-state index contributed by atoms with van der Waals surface area (Å²) in [6.45, 7) is 4.12. The van der Waals surface area contributed by atoms with Gasteiger partial charge in [0.25, 0.3) is 0 Å². The summed E-state index contributed by atoms with van der Waals surface area (Å²) in [7, 11) is 0. The van der Waals surface area contributed by atoms with Gasteiger partial charge in [-0.15, -0.1) is 0 Å². The van der Waals surface area contributed by atoms with Gasteiger partial charge in [-0.05, 0) is 42.5 Å². The van der Waals surface area contributed by atoms with E-state index in [1.165, 1.54) is 0 Å². The summed E-state index contributed by atoms with van der Waals surface area (Å²) in [5.74, 6) is -0.605. The van der Waals surface area contributed by atoms with E-state index in [9.17, 15) is 9.59 Å². The molecule has 2 atom stereocenters. The largest absolute Gasteiger partial charge is 0.326 e. The van der Waals surface area contributed by atoms with Crippen molar-refractivity contribution in [1.29, 1.82) is 0 Å². The second kappa shape index (κ2) is 7.51. The first kappa shape index (κ1) is 17.2. The molecule has 2 N–H and O–H groups in total. The normalized spacial score (nSPS) is 18.5. The van der Waals surface area contributed by atoms with Crippen molar-refractivity contribution in [2.45, 2.75) is 33.1 Å². The van der Waals surface area contributed by atoms with E-state index >= 15 is 0 Å². The molecule has 0 aromatic heterocycles. The van der Waals surface area contributed by atoms with Crippen LogP contribution in [0.15, 0.2) is 48.5 Å². The highest BCUT2D eigenvalue weighted by Gasteiger charge is 2.48. The SMILES string of the molecule is CCc1ccccc1NC(=O)C1CC1C(=O)Nc1ccccc1CC. The van der Waals surface area contributed by atoms with E-state index in [-0.39, 0.29) is 23.7 Å². The smallest absolute Gasteiger partial charge is 0.228 e. The number of hydrogen-bond donors (Lipinski definition) is 2. The summed E-state index contributed by atoms with van der Waals surface area (Å²) in [5.41, 5.74) is 3.90. The lowest BCUT2D eigenvalue weighted by atomic mass is 10.1. The molecule has 1 fully saturated rings. The van der Waals surface area contributed by atoms with Gasteiger partial charge < -0.3 is 10.6 Å². The number of carbonyl (C=O) groups excluding carboxylic acids is 2. The van der Waals surface area contributed by atoms with Crippen LogP contribution in [0.4, 0.5) is 11.4 Å². The summed E-state index contributed by atoms with van der Waals surface area (Å²) < 4.78 is 0. The molecular weight excluding hydrogens is 312 g/mol. The van der Waals surface area contributed by atoms with Crippen LogP contribution in [0, 0.1) is 11.8 Å². The number of nitrogens with one attached hydrogen (secondary N) is 2. The molecule has 4 heteroatoms. The van der Waals surface area contributed by atoms with E-state index in [2.05, 4.69) is 24.5 Å². The summed E-state index contributed by atoms with van der Waals surface area (Å²) in [6.07, 6.45) is 2.33. The van der Waals surface area contributed by atoms with Gasteiger partial charge in [0.2, 0.25) is 11.8 Å². The number of anilines is 2. The van der Waals surface area contributed by atoms with Crippen molar-refractivity contribution >= 4 is 23.2 Å². The maximum atomic E-state index is 12.4. The van der Waals surface area contributed by atoms with E-state index in [4.69, 9.17) is 0 Å². The molecule has 1 aliphatic rings. The van der Waals surface area contributed by atoms with Gasteiger partial charge in [0.1, 0.15) is 0 Å². The molecule has 0 saturated heterocycles. The van der Waals surface area contributed by atoms with Gasteiger partial charge in [0.15, 0.2) is 0 Å². The average molecular weight is 336 g/mol. The third-order valence-electron chi connectivity index (χ3n) is 4.78. The molecule has 2 aromatic rings. The molecule has 1 aliphatic carbocycles. The lowest BCUT2D eigenvalue weighted by Crippen LogP contribution is -2.21. The second-order valence-electron chi connectivity index (χ2n) is 6.45. The molecule has 2 aromatic carbocycles. The van der Waals surface area contributed by atoms with Crippen molar-refractivity contribution < 1.29 is 9.59 Å². The first-order valence-electron chi connectivity index (χ1n) is 8.91. The van der Waals surface area contributed by atoms with Crippen LogP contribution in [0.25, 0.3) is 0 Å². The third kappa shape index (κ3) is 3.90. The molecule has 2 unspecified atom stereocenters. The lowest BCUT2D eigenvalue weighted by Gasteiger charge is -2.11. The third-order valence-corrected chi connectivity index (χ3v) is 4.78. The van der Waals surface area contributed by atoms with Crippen molar-refractivity contribution in [2.24, 2.45) is 11.8 Å². The number of rotatable bonds is 6. The van der Waals surface area contributed by atoms with Crippen molar-refractivity contribution in [1.82, 2.24) is 0 Å². The lowest BCUT2D eigenvalue weighted by molar-refractivity contribution is -0.122. The van der Waals surface area contributed by atoms with Crippen LogP contribution in [0.3, 0.4) is 0 Å². The second-order valence-corrected chi connectivity index (χ2v) is 6.45. The molecule has 4 nitrogen and oxygen atoms in total. The maximum Gasteiger partial charge on any atom is 0.228 e. The van der Waals surface area contributed by atoms with Gasteiger partial charge in [0, 0.05) is 11.4 Å². The Balaban J connectivity index is 1.60. The molecule has 0 aliphatic heterocycles. The van der Waals surface area contributed by atoms with Crippen LogP contribution in [0.5, 0.6) is 0 Å². The predicted molar refractivity (Wildman–Crippen MR) is 100 cm³/mol. The van der Waals surface area contributed by atoms with E-state index < -0.39 is 0 Å². The molecule has 0 radical (unpaired) electrons. The fourth-order valence-corrected chi connectivity index (χ4v) is 3.13. The zero-order valence-electron chi connectivity index (χ0n) is 14.7. The Morgan fingerprint density at radius 3 is 1.60 bits per heavy atom. The minimum absolute atomic E-state index is 0.0650. The van der Waals surface area contributed by atoms with Crippen LogP contribution >= 0.6 is 0 Å². The number of benzene rings is 2. The number of amides is 2. The Bertz CT molecular complexity index is 719. The molecule has 130 valence electrons. The quantitative estimate of drug-likeness (QED) is 0.837. The number of para-hydroxylation sites is 2. The Morgan fingerprint density at radius 2 is 1.20 bits per heavy atom.